The Hall–Kier alpha value is -3.44. The Labute approximate surface area is 202 Å². The van der Waals surface area contributed by atoms with Crippen molar-refractivity contribution in [1.82, 2.24) is 30.2 Å². The van der Waals surface area contributed by atoms with Crippen molar-refractivity contribution in [2.24, 2.45) is 5.92 Å². The maximum Gasteiger partial charge on any atom is 0.322 e. The van der Waals surface area contributed by atoms with E-state index in [9.17, 15) is 24.0 Å². The third kappa shape index (κ3) is 5.01. The van der Waals surface area contributed by atoms with Crippen LogP contribution in [0, 0.1) is 5.92 Å². The van der Waals surface area contributed by atoms with Gasteiger partial charge in [0.15, 0.2) is 0 Å². The van der Waals surface area contributed by atoms with Gasteiger partial charge in [0, 0.05) is 38.3 Å². The first-order valence-corrected chi connectivity index (χ1v) is 12.4. The SMILES string of the molecule is O=C1NC(=O)[C@H](CC(=O)N2CCC(n3cc(NC(=O)[C@@H]4CC(=O)N(C5CCCC5)C4)cn3)CC2)N1. The van der Waals surface area contributed by atoms with Gasteiger partial charge in [0.1, 0.15) is 6.04 Å². The van der Waals surface area contributed by atoms with Crippen molar-refractivity contribution >= 4 is 35.3 Å². The lowest BCUT2D eigenvalue weighted by molar-refractivity contribution is -0.135. The van der Waals surface area contributed by atoms with Gasteiger partial charge in [-0.05, 0) is 25.7 Å². The van der Waals surface area contributed by atoms with E-state index in [0.717, 1.165) is 25.7 Å². The van der Waals surface area contributed by atoms with Gasteiger partial charge in [-0.2, -0.15) is 5.10 Å². The number of nitrogens with zero attached hydrogens (tertiary/aromatic N) is 4. The highest BCUT2D eigenvalue weighted by Gasteiger charge is 2.39. The molecule has 0 spiro atoms. The number of carbonyl (C=O) groups is 5. The van der Waals surface area contributed by atoms with Crippen molar-refractivity contribution in [2.75, 3.05) is 25.0 Å². The molecule has 0 aromatic carbocycles. The first-order valence-electron chi connectivity index (χ1n) is 12.4. The van der Waals surface area contributed by atoms with E-state index in [-0.39, 0.29) is 48.6 Å². The minimum atomic E-state index is -0.814. The smallest absolute Gasteiger partial charge is 0.322 e. The summed E-state index contributed by atoms with van der Waals surface area (Å²) in [5.74, 6) is -1.06. The lowest BCUT2D eigenvalue weighted by atomic mass is 10.0. The number of amides is 6. The van der Waals surface area contributed by atoms with Gasteiger partial charge < -0.3 is 20.4 Å². The Kier molecular flexibility index (Phi) is 6.44. The van der Waals surface area contributed by atoms with Crippen LogP contribution in [0.3, 0.4) is 0 Å². The molecule has 5 rings (SSSR count). The Bertz CT molecular complexity index is 1030. The second-order valence-corrected chi connectivity index (χ2v) is 9.92. The third-order valence-electron chi connectivity index (χ3n) is 7.59. The molecule has 6 amide bonds. The van der Waals surface area contributed by atoms with Crippen molar-refractivity contribution < 1.29 is 24.0 Å². The topological polar surface area (TPSA) is 146 Å². The van der Waals surface area contributed by atoms with Gasteiger partial charge in [-0.3, -0.25) is 29.2 Å². The van der Waals surface area contributed by atoms with E-state index < -0.39 is 18.0 Å². The average molecular weight is 486 g/mol. The van der Waals surface area contributed by atoms with Crippen LogP contribution in [0.1, 0.15) is 57.4 Å². The molecule has 12 heteroatoms. The summed E-state index contributed by atoms with van der Waals surface area (Å²) in [6.45, 7) is 1.53. The summed E-state index contributed by atoms with van der Waals surface area (Å²) in [4.78, 5) is 64.2. The van der Waals surface area contributed by atoms with Crippen molar-refractivity contribution in [2.45, 2.75) is 69.5 Å². The molecule has 188 valence electrons. The standard InChI is InChI=1S/C23H31N7O5/c31-19(10-18-22(34)27-23(35)26-18)28-7-5-17(6-8-28)30-13-15(11-24-30)25-21(33)14-9-20(32)29(12-14)16-3-1-2-4-16/h11,13-14,16-18H,1-10,12H2,(H,25,33)(H2,26,27,34,35)/t14-,18+/m1/s1. The molecule has 4 fully saturated rings. The van der Waals surface area contributed by atoms with Crippen LogP contribution in [0.2, 0.25) is 0 Å². The predicted molar refractivity (Wildman–Crippen MR) is 123 cm³/mol. The van der Waals surface area contributed by atoms with Gasteiger partial charge in [0.2, 0.25) is 17.7 Å². The minimum absolute atomic E-state index is 0.0535. The minimum Gasteiger partial charge on any atom is -0.342 e. The van der Waals surface area contributed by atoms with E-state index in [2.05, 4.69) is 21.0 Å². The summed E-state index contributed by atoms with van der Waals surface area (Å²) in [6.07, 6.45) is 9.35. The van der Waals surface area contributed by atoms with Gasteiger partial charge >= 0.3 is 6.03 Å². The molecule has 1 aromatic heterocycles. The van der Waals surface area contributed by atoms with Crippen LogP contribution in [-0.2, 0) is 19.2 Å². The highest BCUT2D eigenvalue weighted by atomic mass is 16.2. The molecule has 4 heterocycles. The number of hydrogen-bond acceptors (Lipinski definition) is 6. The number of urea groups is 1. The number of likely N-dealkylation sites (tertiary alicyclic amines) is 2. The molecule has 1 saturated carbocycles. The van der Waals surface area contributed by atoms with Crippen LogP contribution in [0.5, 0.6) is 0 Å². The maximum atomic E-state index is 12.8. The van der Waals surface area contributed by atoms with Crippen LogP contribution in [-0.4, -0.2) is 81.0 Å². The Morgan fingerprint density at radius 2 is 1.80 bits per heavy atom. The fourth-order valence-corrected chi connectivity index (χ4v) is 5.61. The molecule has 0 unspecified atom stereocenters. The van der Waals surface area contributed by atoms with Gasteiger partial charge in [-0.1, -0.05) is 12.8 Å². The van der Waals surface area contributed by atoms with E-state index in [0.29, 0.717) is 38.2 Å². The highest BCUT2D eigenvalue weighted by molar-refractivity contribution is 6.05. The van der Waals surface area contributed by atoms with Crippen molar-refractivity contribution in [1.29, 1.82) is 0 Å². The number of imide groups is 1. The van der Waals surface area contributed by atoms with Gasteiger partial charge in [-0.25, -0.2) is 4.79 Å². The third-order valence-corrected chi connectivity index (χ3v) is 7.59. The largest absolute Gasteiger partial charge is 0.342 e. The molecular formula is C23H31N7O5. The summed E-state index contributed by atoms with van der Waals surface area (Å²) in [5.41, 5.74) is 0.600. The summed E-state index contributed by atoms with van der Waals surface area (Å²) < 4.78 is 1.81. The number of aromatic nitrogens is 2. The fourth-order valence-electron chi connectivity index (χ4n) is 5.61. The molecule has 3 aliphatic heterocycles. The summed E-state index contributed by atoms with van der Waals surface area (Å²) in [6, 6.07) is -1.01. The molecular weight excluding hydrogens is 454 g/mol. The van der Waals surface area contributed by atoms with Crippen molar-refractivity contribution in [3.8, 4) is 0 Å². The average Bonchev–Trinajstić information content (AvgIpc) is 3.63. The van der Waals surface area contributed by atoms with Crippen LogP contribution >= 0.6 is 0 Å². The lowest BCUT2D eigenvalue weighted by Gasteiger charge is -2.32. The predicted octanol–water partition coefficient (Wildman–Crippen LogP) is 0.374. The molecule has 4 aliphatic rings. The highest BCUT2D eigenvalue weighted by Crippen LogP contribution is 2.30. The summed E-state index contributed by atoms with van der Waals surface area (Å²) in [5, 5.41) is 11.9. The van der Waals surface area contributed by atoms with E-state index in [1.54, 1.807) is 17.3 Å². The molecule has 0 bridgehead atoms. The van der Waals surface area contributed by atoms with Crippen LogP contribution < -0.4 is 16.0 Å². The monoisotopic (exact) mass is 485 g/mol. The zero-order valence-electron chi connectivity index (χ0n) is 19.6. The second kappa shape index (κ2) is 9.67. The zero-order chi connectivity index (χ0) is 24.5. The van der Waals surface area contributed by atoms with Gasteiger partial charge in [0.05, 0.1) is 30.3 Å². The molecule has 35 heavy (non-hydrogen) atoms. The quantitative estimate of drug-likeness (QED) is 0.497. The molecule has 1 aliphatic carbocycles. The van der Waals surface area contributed by atoms with Crippen LogP contribution in [0.25, 0.3) is 0 Å². The number of anilines is 1. The van der Waals surface area contributed by atoms with E-state index in [4.69, 9.17) is 0 Å². The van der Waals surface area contributed by atoms with Crippen molar-refractivity contribution in [3.63, 3.8) is 0 Å². The molecule has 1 aromatic rings. The molecule has 2 atom stereocenters. The van der Waals surface area contributed by atoms with Crippen LogP contribution in [0.4, 0.5) is 10.5 Å². The summed E-state index contributed by atoms with van der Waals surface area (Å²) >= 11 is 0. The Balaban J connectivity index is 1.09. The van der Waals surface area contributed by atoms with E-state index in [1.807, 2.05) is 9.58 Å². The van der Waals surface area contributed by atoms with E-state index >= 15 is 0 Å². The number of hydrogen-bond donors (Lipinski definition) is 3. The van der Waals surface area contributed by atoms with Gasteiger partial charge in [-0.15, -0.1) is 0 Å². The second-order valence-electron chi connectivity index (χ2n) is 9.92. The number of carbonyl (C=O) groups excluding carboxylic acids is 5. The van der Waals surface area contributed by atoms with Crippen LogP contribution in [0.15, 0.2) is 12.4 Å². The Morgan fingerprint density at radius 1 is 1.06 bits per heavy atom. The number of nitrogens with one attached hydrogen (secondary N) is 3. The molecule has 3 saturated heterocycles. The number of rotatable bonds is 6. The first-order chi connectivity index (χ1) is 16.9. The van der Waals surface area contributed by atoms with Crippen molar-refractivity contribution in [3.05, 3.63) is 12.4 Å². The lowest BCUT2D eigenvalue weighted by Crippen LogP contribution is -2.43. The summed E-state index contributed by atoms with van der Waals surface area (Å²) in [7, 11) is 0. The maximum absolute atomic E-state index is 12.8. The van der Waals surface area contributed by atoms with E-state index in [1.165, 1.54) is 0 Å². The first kappa shape index (κ1) is 23.3. The molecule has 0 radical (unpaired) electrons. The molecule has 3 N–H and O–H groups in total. The van der Waals surface area contributed by atoms with Gasteiger partial charge in [0.25, 0.3) is 5.91 Å². The normalized spacial score (nSPS) is 25.8. The Morgan fingerprint density at radius 3 is 2.49 bits per heavy atom. The molecule has 12 nitrogen and oxygen atoms in total. The fraction of sp³-hybridized carbons (Fsp3) is 0.652. The zero-order valence-corrected chi connectivity index (χ0v) is 19.6. The number of piperidine rings is 1.